The summed E-state index contributed by atoms with van der Waals surface area (Å²) in [5.74, 6) is -0.222. The maximum atomic E-state index is 12.0. The number of benzene rings is 1. The van der Waals surface area contributed by atoms with Crippen molar-refractivity contribution in [2.45, 2.75) is 78.1 Å². The lowest BCUT2D eigenvalue weighted by atomic mass is 9.95. The molecule has 0 bridgehead atoms. The van der Waals surface area contributed by atoms with Gasteiger partial charge < -0.3 is 0 Å². The van der Waals surface area contributed by atoms with Gasteiger partial charge in [0.25, 0.3) is 0 Å². The summed E-state index contributed by atoms with van der Waals surface area (Å²) in [4.78, 5) is 23.6. The molecule has 0 aliphatic heterocycles. The van der Waals surface area contributed by atoms with Crippen molar-refractivity contribution in [1.82, 2.24) is 0 Å². The number of carbonyl (C=O) groups is 2. The number of aryl methyl sites for hydroxylation is 2. The number of unbranched alkanes of at least 4 members (excludes halogenated alkanes) is 6. The highest BCUT2D eigenvalue weighted by atomic mass is 16.1. The van der Waals surface area contributed by atoms with Crippen molar-refractivity contribution in [3.05, 3.63) is 64.8 Å². The van der Waals surface area contributed by atoms with E-state index in [-0.39, 0.29) is 11.6 Å². The molecule has 1 aromatic rings. The molecular formula is C26H34O2. The van der Waals surface area contributed by atoms with Crippen molar-refractivity contribution >= 4 is 17.6 Å². The molecule has 0 unspecified atom stereocenters. The van der Waals surface area contributed by atoms with Gasteiger partial charge in [-0.2, -0.15) is 0 Å². The molecule has 1 aliphatic rings. The monoisotopic (exact) mass is 378 g/mol. The lowest BCUT2D eigenvalue weighted by Crippen LogP contribution is -2.05. The summed E-state index contributed by atoms with van der Waals surface area (Å²) in [7, 11) is 0. The average molecular weight is 379 g/mol. The molecule has 0 saturated heterocycles. The fourth-order valence-electron chi connectivity index (χ4n) is 3.52. The van der Waals surface area contributed by atoms with Crippen LogP contribution in [0.1, 0.15) is 81.9 Å². The molecule has 0 spiro atoms. The first-order chi connectivity index (χ1) is 13.6. The minimum absolute atomic E-state index is 0.101. The molecule has 0 saturated carbocycles. The van der Waals surface area contributed by atoms with Gasteiger partial charge in [-0.3, -0.25) is 9.59 Å². The third kappa shape index (κ3) is 7.42. The molecule has 0 radical (unpaired) electrons. The van der Waals surface area contributed by atoms with Gasteiger partial charge in [-0.15, -0.1) is 0 Å². The molecule has 0 atom stereocenters. The first-order valence-corrected chi connectivity index (χ1v) is 10.9. The predicted octanol–water partition coefficient (Wildman–Crippen LogP) is 6.58. The van der Waals surface area contributed by atoms with Crippen LogP contribution in [0.3, 0.4) is 0 Å². The Hall–Kier alpha value is -2.22. The quantitative estimate of drug-likeness (QED) is 0.304. The summed E-state index contributed by atoms with van der Waals surface area (Å²) in [6, 6.07) is 6.78. The number of carbonyl (C=O) groups excluding carboxylic acids is 2. The number of allylic oxidation sites excluding steroid dienone is 5. The van der Waals surface area contributed by atoms with Crippen LogP contribution in [0, 0.1) is 0 Å². The smallest absolute Gasteiger partial charge is 0.186 e. The Kier molecular flexibility index (Phi) is 9.68. The second kappa shape index (κ2) is 12.3. The van der Waals surface area contributed by atoms with Gasteiger partial charge in [0.05, 0.1) is 0 Å². The summed E-state index contributed by atoms with van der Waals surface area (Å²) in [5, 5.41) is 0. The molecule has 28 heavy (non-hydrogen) atoms. The molecule has 1 aromatic carbocycles. The van der Waals surface area contributed by atoms with Gasteiger partial charge in [-0.1, -0.05) is 82.7 Å². The SMILES string of the molecule is CCCCCCc1ccc(CCCCCC)c(/C=C/C2=CC(=O)C=CC2=O)c1. The molecule has 0 fully saturated rings. The molecule has 0 aromatic heterocycles. The summed E-state index contributed by atoms with van der Waals surface area (Å²) < 4.78 is 0. The van der Waals surface area contributed by atoms with Crippen LogP contribution in [0.4, 0.5) is 0 Å². The molecule has 2 rings (SSSR count). The van der Waals surface area contributed by atoms with Gasteiger partial charge in [-0.25, -0.2) is 0 Å². The molecule has 0 N–H and O–H groups in total. The molecule has 0 heterocycles. The maximum Gasteiger partial charge on any atom is 0.186 e. The summed E-state index contributed by atoms with van der Waals surface area (Å²) in [5.41, 5.74) is 4.33. The molecule has 2 heteroatoms. The standard InChI is InChI=1S/C26H34O2/c1-3-5-7-9-11-21-13-14-22(12-10-8-6-4-2)23(19-21)15-16-24-20-25(27)17-18-26(24)28/h13-20H,3-12H2,1-2H3/b16-15+. The van der Waals surface area contributed by atoms with E-state index in [1.54, 1.807) is 6.08 Å². The molecule has 2 nitrogen and oxygen atoms in total. The van der Waals surface area contributed by atoms with Gasteiger partial charge in [0.15, 0.2) is 11.6 Å². The van der Waals surface area contributed by atoms with Crippen LogP contribution >= 0.6 is 0 Å². The maximum absolute atomic E-state index is 12.0. The van der Waals surface area contributed by atoms with E-state index in [1.165, 1.54) is 86.3 Å². The molecule has 150 valence electrons. The van der Waals surface area contributed by atoms with Crippen LogP contribution in [0.25, 0.3) is 6.08 Å². The van der Waals surface area contributed by atoms with Gasteiger partial charge in [0.1, 0.15) is 0 Å². The molecular weight excluding hydrogens is 344 g/mol. The van der Waals surface area contributed by atoms with E-state index in [9.17, 15) is 9.59 Å². The third-order valence-corrected chi connectivity index (χ3v) is 5.25. The Labute approximate surface area is 170 Å². The van der Waals surface area contributed by atoms with Crippen LogP contribution in [0.5, 0.6) is 0 Å². The minimum Gasteiger partial charge on any atom is -0.290 e. The van der Waals surface area contributed by atoms with Crippen molar-refractivity contribution < 1.29 is 9.59 Å². The van der Waals surface area contributed by atoms with Crippen molar-refractivity contribution in [1.29, 1.82) is 0 Å². The highest BCUT2D eigenvalue weighted by Crippen LogP contribution is 2.20. The molecule has 1 aliphatic carbocycles. The third-order valence-electron chi connectivity index (χ3n) is 5.25. The number of hydrogen-bond acceptors (Lipinski definition) is 2. The van der Waals surface area contributed by atoms with E-state index >= 15 is 0 Å². The van der Waals surface area contributed by atoms with E-state index in [2.05, 4.69) is 32.0 Å². The van der Waals surface area contributed by atoms with Crippen molar-refractivity contribution in [2.75, 3.05) is 0 Å². The van der Waals surface area contributed by atoms with Gasteiger partial charge in [-0.05, 0) is 60.6 Å². The molecule has 0 amide bonds. The van der Waals surface area contributed by atoms with Gasteiger partial charge in [0.2, 0.25) is 0 Å². The first kappa shape index (κ1) is 22.1. The number of rotatable bonds is 12. The predicted molar refractivity (Wildman–Crippen MR) is 118 cm³/mol. The fourth-order valence-corrected chi connectivity index (χ4v) is 3.52. The lowest BCUT2D eigenvalue weighted by Gasteiger charge is -2.10. The van der Waals surface area contributed by atoms with E-state index in [0.717, 1.165) is 12.8 Å². The Morgan fingerprint density at radius 3 is 2.21 bits per heavy atom. The summed E-state index contributed by atoms with van der Waals surface area (Å²) >= 11 is 0. The van der Waals surface area contributed by atoms with Crippen LogP contribution < -0.4 is 0 Å². The Balaban J connectivity index is 2.14. The van der Waals surface area contributed by atoms with E-state index in [1.807, 2.05) is 6.08 Å². The van der Waals surface area contributed by atoms with Crippen LogP contribution in [0.15, 0.2) is 48.1 Å². The second-order valence-corrected chi connectivity index (χ2v) is 7.69. The van der Waals surface area contributed by atoms with Gasteiger partial charge in [0, 0.05) is 5.57 Å². The number of ketones is 2. The minimum atomic E-state index is -0.122. The highest BCUT2D eigenvalue weighted by molar-refractivity contribution is 6.18. The van der Waals surface area contributed by atoms with Crippen LogP contribution in [-0.2, 0) is 22.4 Å². The van der Waals surface area contributed by atoms with E-state index in [4.69, 9.17) is 0 Å². The lowest BCUT2D eigenvalue weighted by molar-refractivity contribution is -0.114. The average Bonchev–Trinajstić information content (AvgIpc) is 2.70. The van der Waals surface area contributed by atoms with Crippen LogP contribution in [-0.4, -0.2) is 11.6 Å². The van der Waals surface area contributed by atoms with Crippen LogP contribution in [0.2, 0.25) is 0 Å². The zero-order valence-corrected chi connectivity index (χ0v) is 17.5. The zero-order valence-electron chi connectivity index (χ0n) is 17.5. The summed E-state index contributed by atoms with van der Waals surface area (Å²) in [6.07, 6.45) is 20.1. The normalized spacial score (nSPS) is 14.1. The Morgan fingerprint density at radius 1 is 0.786 bits per heavy atom. The van der Waals surface area contributed by atoms with Crippen molar-refractivity contribution in [3.63, 3.8) is 0 Å². The van der Waals surface area contributed by atoms with Gasteiger partial charge >= 0.3 is 0 Å². The van der Waals surface area contributed by atoms with Crippen molar-refractivity contribution in [3.8, 4) is 0 Å². The first-order valence-electron chi connectivity index (χ1n) is 10.9. The zero-order chi connectivity index (χ0) is 20.2. The number of hydrogen-bond donors (Lipinski definition) is 0. The van der Waals surface area contributed by atoms with E-state index < -0.39 is 0 Å². The van der Waals surface area contributed by atoms with Crippen molar-refractivity contribution in [2.24, 2.45) is 0 Å². The Bertz CT molecular complexity index is 750. The topological polar surface area (TPSA) is 34.1 Å². The fraction of sp³-hybridized carbons (Fsp3) is 0.462. The van der Waals surface area contributed by atoms with E-state index in [0.29, 0.717) is 5.57 Å². The highest BCUT2D eigenvalue weighted by Gasteiger charge is 2.10. The summed E-state index contributed by atoms with van der Waals surface area (Å²) in [6.45, 7) is 4.46. The Morgan fingerprint density at radius 2 is 1.50 bits per heavy atom. The largest absolute Gasteiger partial charge is 0.290 e. The second-order valence-electron chi connectivity index (χ2n) is 7.69.